The zero-order chi connectivity index (χ0) is 18.4. The minimum absolute atomic E-state index is 0.126. The Balaban J connectivity index is 1.53. The normalized spacial score (nSPS) is 22.5. The molecular weight excluding hydrogens is 352 g/mol. The van der Waals surface area contributed by atoms with Crippen molar-refractivity contribution in [3.63, 3.8) is 0 Å². The van der Waals surface area contributed by atoms with Gasteiger partial charge in [0.15, 0.2) is 6.29 Å². The topological polar surface area (TPSA) is 65.0 Å². The molecule has 1 unspecified atom stereocenters. The van der Waals surface area contributed by atoms with Gasteiger partial charge in [-0.15, -0.1) is 0 Å². The highest BCUT2D eigenvalue weighted by Crippen LogP contribution is 2.29. The summed E-state index contributed by atoms with van der Waals surface area (Å²) in [6, 6.07) is 16.8. The van der Waals surface area contributed by atoms with Gasteiger partial charge < -0.3 is 19.3 Å². The summed E-state index contributed by atoms with van der Waals surface area (Å²) in [5.74, 6) is 0.984. The zero-order valence-corrected chi connectivity index (χ0v) is 15.6. The van der Waals surface area contributed by atoms with Crippen LogP contribution in [-0.4, -0.2) is 41.0 Å². The van der Waals surface area contributed by atoms with E-state index in [0.717, 1.165) is 16.2 Å². The van der Waals surface area contributed by atoms with E-state index in [1.54, 1.807) is 7.11 Å². The summed E-state index contributed by atoms with van der Waals surface area (Å²) in [4.78, 5) is 0.732. The number of rotatable bonds is 7. The number of aliphatic hydroxyl groups is 1. The van der Waals surface area contributed by atoms with Crippen molar-refractivity contribution in [2.24, 2.45) is 0 Å². The maximum absolute atomic E-state index is 12.3. The molecule has 1 saturated heterocycles. The SMILES string of the molecule is COc1ccc([C@@H]2OCC[C@H](C[C@@H](O)CS(=O)c3ccccc3)O2)cc1. The molecule has 5 nitrogen and oxygen atoms in total. The maximum Gasteiger partial charge on any atom is 0.184 e. The molecule has 0 aromatic heterocycles. The van der Waals surface area contributed by atoms with Gasteiger partial charge in [0, 0.05) is 16.9 Å². The first-order valence-electron chi connectivity index (χ1n) is 8.68. The zero-order valence-electron chi connectivity index (χ0n) is 14.7. The highest BCUT2D eigenvalue weighted by Gasteiger charge is 2.27. The Morgan fingerprint density at radius 1 is 1.19 bits per heavy atom. The molecule has 1 aliphatic rings. The Morgan fingerprint density at radius 3 is 2.62 bits per heavy atom. The molecule has 0 spiro atoms. The van der Waals surface area contributed by atoms with Crippen molar-refractivity contribution in [2.75, 3.05) is 19.5 Å². The van der Waals surface area contributed by atoms with Crippen LogP contribution in [0.3, 0.4) is 0 Å². The highest BCUT2D eigenvalue weighted by molar-refractivity contribution is 7.85. The molecule has 4 atom stereocenters. The quantitative estimate of drug-likeness (QED) is 0.805. The molecular formula is C20H24O5S. The van der Waals surface area contributed by atoms with Gasteiger partial charge in [0.05, 0.1) is 42.5 Å². The van der Waals surface area contributed by atoms with Crippen LogP contribution in [0, 0.1) is 0 Å². The second-order valence-corrected chi connectivity index (χ2v) is 7.73. The molecule has 2 aromatic rings. The van der Waals surface area contributed by atoms with Gasteiger partial charge in [0.2, 0.25) is 0 Å². The van der Waals surface area contributed by atoms with Crippen LogP contribution in [0.1, 0.15) is 24.7 Å². The molecule has 140 valence electrons. The summed E-state index contributed by atoms with van der Waals surface area (Å²) in [7, 11) is 0.407. The Morgan fingerprint density at radius 2 is 1.92 bits per heavy atom. The maximum atomic E-state index is 12.3. The molecule has 1 N–H and O–H groups in total. The lowest BCUT2D eigenvalue weighted by atomic mass is 10.1. The van der Waals surface area contributed by atoms with Crippen LogP contribution in [0.25, 0.3) is 0 Å². The summed E-state index contributed by atoms with van der Waals surface area (Å²) >= 11 is 0. The number of hydrogen-bond acceptors (Lipinski definition) is 5. The van der Waals surface area contributed by atoms with E-state index in [-0.39, 0.29) is 11.9 Å². The van der Waals surface area contributed by atoms with E-state index >= 15 is 0 Å². The van der Waals surface area contributed by atoms with Crippen molar-refractivity contribution >= 4 is 10.8 Å². The van der Waals surface area contributed by atoms with E-state index in [9.17, 15) is 9.32 Å². The number of benzene rings is 2. The Hall–Kier alpha value is -1.73. The Kier molecular flexibility index (Phi) is 6.80. The lowest BCUT2D eigenvalue weighted by Crippen LogP contribution is -2.32. The third kappa shape index (κ3) is 5.14. The first-order chi connectivity index (χ1) is 12.7. The lowest BCUT2D eigenvalue weighted by Gasteiger charge is -2.31. The second kappa shape index (κ2) is 9.28. The third-order valence-electron chi connectivity index (χ3n) is 4.30. The molecule has 0 aliphatic carbocycles. The van der Waals surface area contributed by atoms with Crippen LogP contribution in [-0.2, 0) is 20.3 Å². The molecule has 0 radical (unpaired) electrons. The van der Waals surface area contributed by atoms with Gasteiger partial charge in [0.25, 0.3) is 0 Å². The van der Waals surface area contributed by atoms with Crippen molar-refractivity contribution in [1.82, 2.24) is 0 Å². The van der Waals surface area contributed by atoms with E-state index < -0.39 is 23.2 Å². The van der Waals surface area contributed by atoms with Crippen LogP contribution >= 0.6 is 0 Å². The van der Waals surface area contributed by atoms with E-state index in [1.807, 2.05) is 54.6 Å². The van der Waals surface area contributed by atoms with Gasteiger partial charge in [-0.25, -0.2) is 0 Å². The van der Waals surface area contributed by atoms with E-state index in [4.69, 9.17) is 14.2 Å². The average Bonchev–Trinajstić information content (AvgIpc) is 2.69. The van der Waals surface area contributed by atoms with Crippen LogP contribution in [0.5, 0.6) is 5.75 Å². The van der Waals surface area contributed by atoms with Gasteiger partial charge in [-0.05, 0) is 30.7 Å². The largest absolute Gasteiger partial charge is 0.497 e. The molecule has 0 bridgehead atoms. The predicted octanol–water partition coefficient (Wildman–Crippen LogP) is 3.06. The summed E-state index contributed by atoms with van der Waals surface area (Å²) in [5.41, 5.74) is 0.915. The second-order valence-electron chi connectivity index (χ2n) is 6.24. The smallest absolute Gasteiger partial charge is 0.184 e. The molecule has 1 fully saturated rings. The van der Waals surface area contributed by atoms with Crippen molar-refractivity contribution in [2.45, 2.75) is 36.2 Å². The van der Waals surface area contributed by atoms with E-state index in [1.165, 1.54) is 0 Å². The molecule has 6 heteroatoms. The molecule has 0 amide bonds. The Bertz CT molecular complexity index is 704. The molecule has 3 rings (SSSR count). The number of hydrogen-bond donors (Lipinski definition) is 1. The fourth-order valence-electron chi connectivity index (χ4n) is 2.91. The first kappa shape index (κ1) is 19.0. The molecule has 1 heterocycles. The monoisotopic (exact) mass is 376 g/mol. The van der Waals surface area contributed by atoms with Gasteiger partial charge >= 0.3 is 0 Å². The summed E-state index contributed by atoms with van der Waals surface area (Å²) in [6.07, 6.45) is -0.114. The van der Waals surface area contributed by atoms with Crippen LogP contribution in [0.4, 0.5) is 0 Å². The summed E-state index contributed by atoms with van der Waals surface area (Å²) < 4.78 is 29.2. The first-order valence-corrected chi connectivity index (χ1v) is 10.00. The minimum atomic E-state index is -1.22. The molecule has 2 aromatic carbocycles. The number of methoxy groups -OCH3 is 1. The van der Waals surface area contributed by atoms with Crippen molar-refractivity contribution in [1.29, 1.82) is 0 Å². The molecule has 1 aliphatic heterocycles. The third-order valence-corrected chi connectivity index (χ3v) is 5.78. The van der Waals surface area contributed by atoms with Gasteiger partial charge in [-0.3, -0.25) is 4.21 Å². The standard InChI is InChI=1S/C20H24O5S/c1-23-17-9-7-15(8-10-17)20-24-12-11-18(25-20)13-16(21)14-26(22)19-5-3-2-4-6-19/h2-10,16,18,20-21H,11-14H2,1H3/t16-,18-,20-,26?/m1/s1. The fourth-order valence-corrected chi connectivity index (χ4v) is 4.05. The molecule has 0 saturated carbocycles. The lowest BCUT2D eigenvalue weighted by molar-refractivity contribution is -0.221. The minimum Gasteiger partial charge on any atom is -0.497 e. The van der Waals surface area contributed by atoms with E-state index in [0.29, 0.717) is 19.4 Å². The predicted molar refractivity (Wildman–Crippen MR) is 99.5 cm³/mol. The number of ether oxygens (including phenoxy) is 3. The highest BCUT2D eigenvalue weighted by atomic mass is 32.2. The van der Waals surface area contributed by atoms with Crippen LogP contribution < -0.4 is 4.74 Å². The summed E-state index contributed by atoms with van der Waals surface area (Å²) in [5, 5.41) is 10.3. The average molecular weight is 376 g/mol. The van der Waals surface area contributed by atoms with Crippen molar-refractivity contribution in [3.05, 3.63) is 60.2 Å². The number of aliphatic hydroxyl groups excluding tert-OH is 1. The summed E-state index contributed by atoms with van der Waals surface area (Å²) in [6.45, 7) is 0.565. The Labute approximate surface area is 156 Å². The van der Waals surface area contributed by atoms with Gasteiger partial charge in [0.1, 0.15) is 5.75 Å². The van der Waals surface area contributed by atoms with E-state index in [2.05, 4.69) is 0 Å². The van der Waals surface area contributed by atoms with Crippen molar-refractivity contribution in [3.8, 4) is 5.75 Å². The van der Waals surface area contributed by atoms with Gasteiger partial charge in [-0.1, -0.05) is 30.3 Å². The fraction of sp³-hybridized carbons (Fsp3) is 0.400. The molecule has 26 heavy (non-hydrogen) atoms. The van der Waals surface area contributed by atoms with Crippen LogP contribution in [0.2, 0.25) is 0 Å². The van der Waals surface area contributed by atoms with Crippen LogP contribution in [0.15, 0.2) is 59.5 Å². The van der Waals surface area contributed by atoms with Crippen molar-refractivity contribution < 1.29 is 23.5 Å². The van der Waals surface area contributed by atoms with Gasteiger partial charge in [-0.2, -0.15) is 0 Å².